The molecule has 2 atom stereocenters. The van der Waals surface area contributed by atoms with E-state index in [1.807, 2.05) is 81.4 Å². The summed E-state index contributed by atoms with van der Waals surface area (Å²) in [5.41, 5.74) is 1.45. The first-order valence-electron chi connectivity index (χ1n) is 10.9. The molecular formula is C25H33N3O4S. The molecule has 0 heterocycles. The average molecular weight is 472 g/mol. The van der Waals surface area contributed by atoms with Gasteiger partial charge in [0.15, 0.2) is 5.11 Å². The number of ether oxygens (including phenoxy) is 2. The van der Waals surface area contributed by atoms with Crippen molar-refractivity contribution in [2.75, 3.05) is 13.7 Å². The zero-order valence-corrected chi connectivity index (χ0v) is 20.4. The summed E-state index contributed by atoms with van der Waals surface area (Å²) in [7, 11) is 1.35. The van der Waals surface area contributed by atoms with Crippen LogP contribution in [0.5, 0.6) is 0 Å². The van der Waals surface area contributed by atoms with E-state index < -0.39 is 23.7 Å². The lowest BCUT2D eigenvalue weighted by molar-refractivity contribution is -0.142. The molecule has 2 aromatic rings. The molecule has 2 aromatic carbocycles. The highest BCUT2D eigenvalue weighted by Gasteiger charge is 2.22. The van der Waals surface area contributed by atoms with Crippen LogP contribution in [-0.4, -0.2) is 48.5 Å². The molecule has 3 N–H and O–H groups in total. The van der Waals surface area contributed by atoms with Gasteiger partial charge in [-0.15, -0.1) is 0 Å². The van der Waals surface area contributed by atoms with Gasteiger partial charge in [-0.05, 0) is 50.5 Å². The fraction of sp³-hybridized carbons (Fsp3) is 0.400. The Bertz CT molecular complexity index is 901. The summed E-state index contributed by atoms with van der Waals surface area (Å²) < 4.78 is 10.3. The summed E-state index contributed by atoms with van der Waals surface area (Å²) in [5.74, 6) is -0.407. The highest BCUT2D eigenvalue weighted by Crippen LogP contribution is 2.09. The van der Waals surface area contributed by atoms with Crippen molar-refractivity contribution in [3.63, 3.8) is 0 Å². The van der Waals surface area contributed by atoms with Crippen LogP contribution in [0.4, 0.5) is 4.79 Å². The van der Waals surface area contributed by atoms with Crippen molar-refractivity contribution < 1.29 is 19.1 Å². The number of esters is 1. The maximum Gasteiger partial charge on any atom is 0.407 e. The molecule has 0 aromatic heterocycles. The van der Waals surface area contributed by atoms with Crippen LogP contribution in [0.25, 0.3) is 0 Å². The number of carbonyl (C=O) groups is 2. The van der Waals surface area contributed by atoms with Crippen LogP contribution in [0.15, 0.2) is 60.7 Å². The Kier molecular flexibility index (Phi) is 10.1. The average Bonchev–Trinajstić information content (AvgIpc) is 2.76. The molecule has 0 saturated carbocycles. The number of benzene rings is 2. The van der Waals surface area contributed by atoms with E-state index in [9.17, 15) is 9.59 Å². The van der Waals surface area contributed by atoms with Gasteiger partial charge in [0.05, 0.1) is 13.2 Å². The number of alkyl carbamates (subject to hydrolysis) is 1. The van der Waals surface area contributed by atoms with Crippen LogP contribution < -0.4 is 16.0 Å². The topological polar surface area (TPSA) is 88.7 Å². The Morgan fingerprint density at radius 2 is 1.45 bits per heavy atom. The first kappa shape index (κ1) is 26.1. The molecule has 178 valence electrons. The standard InChI is InChI=1S/C25H33N3O4S/c1-25(2,3)32-24(30)27-20(15-18-11-7-5-8-12-18)17-26-23(33)28-21(22(29)31-4)16-19-13-9-6-10-14-19/h5-14,20-21H,15-17H2,1-4H3,(H,27,30)(H2,26,28,33)/t20-,21-/m0/s1. The van der Waals surface area contributed by atoms with Crippen LogP contribution in [-0.2, 0) is 27.1 Å². The highest BCUT2D eigenvalue weighted by atomic mass is 32.1. The van der Waals surface area contributed by atoms with E-state index in [-0.39, 0.29) is 6.04 Å². The number of hydrogen-bond acceptors (Lipinski definition) is 5. The summed E-state index contributed by atoms with van der Waals surface area (Å²) in [6, 6.07) is 18.5. The van der Waals surface area contributed by atoms with Gasteiger partial charge in [-0.1, -0.05) is 60.7 Å². The molecule has 1 amide bonds. The van der Waals surface area contributed by atoms with Crippen molar-refractivity contribution >= 4 is 29.4 Å². The van der Waals surface area contributed by atoms with E-state index in [4.69, 9.17) is 21.7 Å². The lowest BCUT2D eigenvalue weighted by Gasteiger charge is -2.25. The van der Waals surface area contributed by atoms with Gasteiger partial charge in [0.25, 0.3) is 0 Å². The molecule has 0 spiro atoms. The van der Waals surface area contributed by atoms with Crippen LogP contribution in [0, 0.1) is 0 Å². The van der Waals surface area contributed by atoms with Crippen LogP contribution in [0.2, 0.25) is 0 Å². The van der Waals surface area contributed by atoms with Gasteiger partial charge in [-0.2, -0.15) is 0 Å². The first-order valence-corrected chi connectivity index (χ1v) is 11.3. The summed E-state index contributed by atoms with van der Waals surface area (Å²) in [6.07, 6.45) is 0.514. The van der Waals surface area contributed by atoms with Gasteiger partial charge in [-0.3, -0.25) is 0 Å². The number of amides is 1. The van der Waals surface area contributed by atoms with Crippen LogP contribution in [0.1, 0.15) is 31.9 Å². The Morgan fingerprint density at radius 3 is 1.97 bits per heavy atom. The molecular weight excluding hydrogens is 438 g/mol. The van der Waals surface area contributed by atoms with Crippen molar-refractivity contribution in [3.05, 3.63) is 71.8 Å². The zero-order chi connectivity index (χ0) is 24.3. The molecule has 0 aliphatic rings. The second-order valence-corrected chi connectivity index (χ2v) is 9.06. The third kappa shape index (κ3) is 10.4. The van der Waals surface area contributed by atoms with E-state index in [2.05, 4.69) is 16.0 Å². The van der Waals surface area contributed by atoms with E-state index in [0.29, 0.717) is 24.5 Å². The molecule has 0 fully saturated rings. The third-order valence-electron chi connectivity index (χ3n) is 4.63. The van der Waals surface area contributed by atoms with Crippen molar-refractivity contribution in [2.45, 2.75) is 51.3 Å². The molecule has 7 nitrogen and oxygen atoms in total. The summed E-state index contributed by atoms with van der Waals surface area (Å²) in [6.45, 7) is 5.79. The maximum absolute atomic E-state index is 12.3. The fourth-order valence-corrected chi connectivity index (χ4v) is 3.38. The van der Waals surface area contributed by atoms with Gasteiger partial charge >= 0.3 is 12.1 Å². The molecule has 0 radical (unpaired) electrons. The van der Waals surface area contributed by atoms with Gasteiger partial charge in [0.1, 0.15) is 11.6 Å². The van der Waals surface area contributed by atoms with E-state index in [0.717, 1.165) is 11.1 Å². The van der Waals surface area contributed by atoms with Crippen molar-refractivity contribution in [1.29, 1.82) is 0 Å². The molecule has 2 rings (SSSR count). The van der Waals surface area contributed by atoms with Crippen molar-refractivity contribution in [1.82, 2.24) is 16.0 Å². The largest absolute Gasteiger partial charge is 0.467 e. The van der Waals surface area contributed by atoms with Gasteiger partial charge < -0.3 is 25.4 Å². The monoisotopic (exact) mass is 471 g/mol. The lowest BCUT2D eigenvalue weighted by atomic mass is 10.1. The Balaban J connectivity index is 2.00. The summed E-state index contributed by atoms with van der Waals surface area (Å²) in [5, 5.41) is 9.34. The van der Waals surface area contributed by atoms with E-state index >= 15 is 0 Å². The minimum Gasteiger partial charge on any atom is -0.467 e. The number of hydrogen-bond donors (Lipinski definition) is 3. The normalized spacial score (nSPS) is 12.7. The van der Waals surface area contributed by atoms with Gasteiger partial charge in [0.2, 0.25) is 0 Å². The van der Waals surface area contributed by atoms with Crippen molar-refractivity contribution in [2.24, 2.45) is 0 Å². The zero-order valence-electron chi connectivity index (χ0n) is 19.6. The smallest absolute Gasteiger partial charge is 0.407 e. The number of thiocarbonyl (C=S) groups is 1. The Morgan fingerprint density at radius 1 is 0.909 bits per heavy atom. The minimum absolute atomic E-state index is 0.285. The molecule has 8 heteroatoms. The van der Waals surface area contributed by atoms with Gasteiger partial charge in [0, 0.05) is 13.0 Å². The Hall–Kier alpha value is -3.13. The summed E-state index contributed by atoms with van der Waals surface area (Å²) in [4.78, 5) is 24.6. The predicted molar refractivity (Wildman–Crippen MR) is 133 cm³/mol. The molecule has 0 aliphatic carbocycles. The van der Waals surface area contributed by atoms with Gasteiger partial charge in [-0.25, -0.2) is 9.59 Å². The third-order valence-corrected chi connectivity index (χ3v) is 4.89. The lowest BCUT2D eigenvalue weighted by Crippen LogP contribution is -2.52. The summed E-state index contributed by atoms with van der Waals surface area (Å²) >= 11 is 5.42. The minimum atomic E-state index is -0.635. The molecule has 33 heavy (non-hydrogen) atoms. The number of methoxy groups -OCH3 is 1. The predicted octanol–water partition coefficient (Wildman–Crippen LogP) is 3.37. The Labute approximate surface area is 201 Å². The van der Waals surface area contributed by atoms with Crippen LogP contribution >= 0.6 is 12.2 Å². The van der Waals surface area contributed by atoms with E-state index in [1.54, 1.807) is 0 Å². The SMILES string of the molecule is COC(=O)[C@H](Cc1ccccc1)NC(=S)NC[C@H](Cc1ccccc1)NC(=O)OC(C)(C)C. The maximum atomic E-state index is 12.3. The van der Waals surface area contributed by atoms with E-state index in [1.165, 1.54) is 7.11 Å². The molecule has 0 bridgehead atoms. The second kappa shape index (κ2) is 12.8. The number of rotatable bonds is 9. The molecule has 0 aliphatic heterocycles. The molecule has 0 saturated heterocycles. The quantitative estimate of drug-likeness (QED) is 0.382. The van der Waals surface area contributed by atoms with Crippen molar-refractivity contribution in [3.8, 4) is 0 Å². The first-order chi connectivity index (χ1) is 15.7. The molecule has 0 unspecified atom stereocenters. The number of carbonyl (C=O) groups excluding carboxylic acids is 2. The van der Waals surface area contributed by atoms with Crippen LogP contribution in [0.3, 0.4) is 0 Å². The number of nitrogens with one attached hydrogen (secondary N) is 3. The fourth-order valence-electron chi connectivity index (χ4n) is 3.16. The second-order valence-electron chi connectivity index (χ2n) is 8.65. The highest BCUT2D eigenvalue weighted by molar-refractivity contribution is 7.80.